The summed E-state index contributed by atoms with van der Waals surface area (Å²) >= 11 is 0. The number of amides is 2. The average molecular weight is 507 g/mol. The van der Waals surface area contributed by atoms with Gasteiger partial charge >= 0.3 is 6.09 Å². The minimum absolute atomic E-state index is 0.0438. The molecule has 8 nitrogen and oxygen atoms in total. The Morgan fingerprint density at radius 2 is 1.86 bits per heavy atom. The number of pyridine rings is 2. The standard InChI is InChI=1S/C27H24F2N4O4/c28-17-1-3-21(20(29)9-17)33-13-19(25(35)31-27-10-14-7-15(11-27)16(8-14)12-27)23(34)18-2-4-22(30-24(18)33)32-5-6-37-26(32)36/h1-4,9,13-16H,5-8,10-12H2,(H,31,35). The smallest absolute Gasteiger partial charge is 0.415 e. The molecule has 4 aliphatic carbocycles. The molecule has 1 aromatic carbocycles. The van der Waals surface area contributed by atoms with Crippen LogP contribution in [0, 0.1) is 29.4 Å². The summed E-state index contributed by atoms with van der Waals surface area (Å²) < 4.78 is 34.9. The van der Waals surface area contributed by atoms with Crippen LogP contribution in [0.4, 0.5) is 19.4 Å². The normalized spacial score (nSPS) is 27.8. The lowest BCUT2D eigenvalue weighted by molar-refractivity contribution is 0.0844. The lowest BCUT2D eigenvalue weighted by Gasteiger charge is -2.39. The highest BCUT2D eigenvalue weighted by Crippen LogP contribution is 2.59. The van der Waals surface area contributed by atoms with Crippen molar-refractivity contribution in [3.63, 3.8) is 0 Å². The van der Waals surface area contributed by atoms with Crippen molar-refractivity contribution < 1.29 is 23.1 Å². The van der Waals surface area contributed by atoms with E-state index >= 15 is 0 Å². The summed E-state index contributed by atoms with van der Waals surface area (Å²) in [4.78, 5) is 45.0. The quantitative estimate of drug-likeness (QED) is 0.579. The number of anilines is 1. The zero-order valence-electron chi connectivity index (χ0n) is 19.9. The average Bonchev–Trinajstić information content (AvgIpc) is 3.48. The maximum Gasteiger partial charge on any atom is 0.415 e. The Labute approximate surface area is 210 Å². The largest absolute Gasteiger partial charge is 0.447 e. The topological polar surface area (TPSA) is 93.5 Å². The molecule has 3 aromatic rings. The highest BCUT2D eigenvalue weighted by atomic mass is 19.1. The number of carbonyl (C=O) groups is 2. The maximum absolute atomic E-state index is 15.0. The Bertz CT molecular complexity index is 1530. The van der Waals surface area contributed by atoms with E-state index in [2.05, 4.69) is 10.3 Å². The Hall–Kier alpha value is -3.82. The van der Waals surface area contributed by atoms with Gasteiger partial charge in [0.15, 0.2) is 5.65 Å². The van der Waals surface area contributed by atoms with Gasteiger partial charge in [-0.1, -0.05) is 0 Å². The summed E-state index contributed by atoms with van der Waals surface area (Å²) in [5, 5.41) is 3.26. The molecular weight excluding hydrogens is 482 g/mol. The molecule has 0 spiro atoms. The highest BCUT2D eigenvalue weighted by molar-refractivity contribution is 5.98. The van der Waals surface area contributed by atoms with Gasteiger partial charge in [0.25, 0.3) is 5.91 Å². The van der Waals surface area contributed by atoms with Crippen molar-refractivity contribution in [2.75, 3.05) is 18.1 Å². The predicted molar refractivity (Wildman–Crippen MR) is 130 cm³/mol. The van der Waals surface area contributed by atoms with Crippen LogP contribution in [0.15, 0.2) is 41.3 Å². The summed E-state index contributed by atoms with van der Waals surface area (Å²) in [5.41, 5.74) is -1.02. The number of hydrogen-bond acceptors (Lipinski definition) is 5. The molecule has 4 saturated carbocycles. The predicted octanol–water partition coefficient (Wildman–Crippen LogP) is 3.93. The first-order chi connectivity index (χ1) is 17.8. The van der Waals surface area contributed by atoms with E-state index in [-0.39, 0.29) is 46.8 Å². The Balaban J connectivity index is 1.36. The van der Waals surface area contributed by atoms with Gasteiger partial charge in [-0.3, -0.25) is 19.1 Å². The third-order valence-electron chi connectivity index (χ3n) is 8.59. The number of halogens is 2. The molecule has 1 saturated heterocycles. The van der Waals surface area contributed by atoms with E-state index in [1.807, 2.05) is 0 Å². The van der Waals surface area contributed by atoms with Crippen molar-refractivity contribution in [2.45, 2.75) is 37.6 Å². The minimum atomic E-state index is -0.881. The van der Waals surface area contributed by atoms with Gasteiger partial charge in [-0.05, 0) is 74.1 Å². The van der Waals surface area contributed by atoms with E-state index in [9.17, 15) is 23.2 Å². The van der Waals surface area contributed by atoms with Crippen molar-refractivity contribution in [1.82, 2.24) is 14.9 Å². The molecule has 190 valence electrons. The lowest BCUT2D eigenvalue weighted by Crippen LogP contribution is -2.51. The minimum Gasteiger partial charge on any atom is -0.447 e. The van der Waals surface area contributed by atoms with Gasteiger partial charge in [-0.15, -0.1) is 0 Å². The molecule has 5 aliphatic rings. The van der Waals surface area contributed by atoms with E-state index in [0.29, 0.717) is 17.8 Å². The number of nitrogens with one attached hydrogen (secondary N) is 1. The molecule has 1 N–H and O–H groups in total. The highest BCUT2D eigenvalue weighted by Gasteiger charge is 2.56. The molecule has 2 unspecified atom stereocenters. The molecule has 5 fully saturated rings. The second-order valence-corrected chi connectivity index (χ2v) is 10.8. The molecular formula is C27H24F2N4O4. The summed E-state index contributed by atoms with van der Waals surface area (Å²) in [5.74, 6) is -0.0599. The van der Waals surface area contributed by atoms with Gasteiger partial charge in [-0.25, -0.2) is 18.6 Å². The molecule has 8 rings (SSSR count). The molecule has 10 heteroatoms. The molecule has 1 aliphatic heterocycles. The van der Waals surface area contributed by atoms with Crippen LogP contribution in [0.25, 0.3) is 16.7 Å². The number of nitrogens with zero attached hydrogens (tertiary/aromatic N) is 3. The Morgan fingerprint density at radius 3 is 2.54 bits per heavy atom. The van der Waals surface area contributed by atoms with Gasteiger partial charge in [0.1, 0.15) is 29.6 Å². The second kappa shape index (κ2) is 7.84. The van der Waals surface area contributed by atoms with E-state index in [0.717, 1.165) is 31.4 Å². The molecule has 3 heterocycles. The first-order valence-electron chi connectivity index (χ1n) is 12.6. The van der Waals surface area contributed by atoms with Crippen LogP contribution in [0.2, 0.25) is 0 Å². The van der Waals surface area contributed by atoms with Crippen molar-refractivity contribution in [3.05, 3.63) is 63.9 Å². The van der Waals surface area contributed by atoms with Gasteiger partial charge in [0, 0.05) is 17.8 Å². The van der Waals surface area contributed by atoms with Crippen LogP contribution < -0.4 is 15.6 Å². The van der Waals surface area contributed by atoms with Crippen molar-refractivity contribution in [1.29, 1.82) is 0 Å². The van der Waals surface area contributed by atoms with Gasteiger partial charge in [0.05, 0.1) is 17.6 Å². The molecule has 2 atom stereocenters. The third-order valence-corrected chi connectivity index (χ3v) is 8.59. The first-order valence-corrected chi connectivity index (χ1v) is 12.6. The van der Waals surface area contributed by atoms with Crippen LogP contribution >= 0.6 is 0 Å². The fourth-order valence-corrected chi connectivity index (χ4v) is 7.24. The summed E-state index contributed by atoms with van der Waals surface area (Å²) in [7, 11) is 0. The van der Waals surface area contributed by atoms with Crippen molar-refractivity contribution in [3.8, 4) is 5.69 Å². The van der Waals surface area contributed by atoms with Gasteiger partial charge < -0.3 is 10.1 Å². The number of hydrogen-bond donors (Lipinski definition) is 1. The zero-order chi connectivity index (χ0) is 25.5. The first kappa shape index (κ1) is 22.4. The van der Waals surface area contributed by atoms with Crippen LogP contribution in [0.3, 0.4) is 0 Å². The monoisotopic (exact) mass is 506 g/mol. The van der Waals surface area contributed by atoms with Gasteiger partial charge in [-0.2, -0.15) is 0 Å². The third kappa shape index (κ3) is 3.45. The van der Waals surface area contributed by atoms with Crippen LogP contribution in [0.1, 0.15) is 42.5 Å². The Morgan fingerprint density at radius 1 is 1.08 bits per heavy atom. The fraction of sp³-hybridized carbons (Fsp3) is 0.407. The van der Waals surface area contributed by atoms with Gasteiger partial charge in [0.2, 0.25) is 5.43 Å². The fourth-order valence-electron chi connectivity index (χ4n) is 7.24. The van der Waals surface area contributed by atoms with E-state index in [4.69, 9.17) is 4.74 Å². The van der Waals surface area contributed by atoms with Crippen LogP contribution in [-0.2, 0) is 4.74 Å². The van der Waals surface area contributed by atoms with Crippen LogP contribution in [0.5, 0.6) is 0 Å². The molecule has 37 heavy (non-hydrogen) atoms. The molecule has 2 aromatic heterocycles. The number of benzene rings is 1. The molecule has 0 radical (unpaired) electrons. The maximum atomic E-state index is 15.0. The number of cyclic esters (lactones) is 1. The van der Waals surface area contributed by atoms with E-state index < -0.39 is 29.1 Å². The van der Waals surface area contributed by atoms with Crippen LogP contribution in [-0.4, -0.2) is 40.2 Å². The summed E-state index contributed by atoms with van der Waals surface area (Å²) in [6.45, 7) is 0.472. The number of carbonyl (C=O) groups excluding carboxylic acids is 2. The Kier molecular flexibility index (Phi) is 4.74. The summed E-state index contributed by atoms with van der Waals surface area (Å²) in [6, 6.07) is 6.02. The number of rotatable bonds is 4. The van der Waals surface area contributed by atoms with E-state index in [1.165, 1.54) is 46.7 Å². The molecule has 2 amide bonds. The van der Waals surface area contributed by atoms with Crippen molar-refractivity contribution >= 4 is 28.9 Å². The summed E-state index contributed by atoms with van der Waals surface area (Å²) in [6.07, 6.45) is 5.88. The second-order valence-electron chi connectivity index (χ2n) is 10.8. The lowest BCUT2D eigenvalue weighted by atomic mass is 9.75. The zero-order valence-corrected chi connectivity index (χ0v) is 19.9. The number of fused-ring (bicyclic) bond motifs is 1. The van der Waals surface area contributed by atoms with Crippen molar-refractivity contribution in [2.24, 2.45) is 17.8 Å². The number of aromatic nitrogens is 2. The molecule has 4 bridgehead atoms. The SMILES string of the molecule is O=C(NC12CC3CC(C1)C(C3)C2)c1cn(-c2ccc(F)cc2F)c2nc(N3CCOC3=O)ccc2c1=O. The number of ether oxygens (including phenoxy) is 1. The van der Waals surface area contributed by atoms with E-state index in [1.54, 1.807) is 0 Å².